The lowest BCUT2D eigenvalue weighted by molar-refractivity contribution is -0.138. The Morgan fingerprint density at radius 3 is 2.50 bits per heavy atom. The molecule has 0 amide bonds. The Hall–Kier alpha value is -0.550. The summed E-state index contributed by atoms with van der Waals surface area (Å²) in [5.74, 6) is 0.255. The van der Waals surface area contributed by atoms with E-state index in [2.05, 4.69) is 0 Å². The average Bonchev–Trinajstić information content (AvgIpc) is 2.78. The van der Waals surface area contributed by atoms with E-state index in [1.165, 1.54) is 5.38 Å². The molecule has 2 N–H and O–H groups in total. The van der Waals surface area contributed by atoms with Crippen molar-refractivity contribution in [3.05, 3.63) is 21.9 Å². The van der Waals surface area contributed by atoms with Crippen molar-refractivity contribution in [1.29, 1.82) is 0 Å². The smallest absolute Gasteiger partial charge is 0.324 e. The van der Waals surface area contributed by atoms with Gasteiger partial charge < -0.3 is 5.73 Å². The molecule has 0 aromatic carbocycles. The molecule has 0 aliphatic heterocycles. The van der Waals surface area contributed by atoms with Crippen LogP contribution in [0.2, 0.25) is 0 Å². The highest BCUT2D eigenvalue weighted by atomic mass is 32.1. The topological polar surface area (TPSA) is 26.0 Å². The fourth-order valence-corrected chi connectivity index (χ4v) is 2.41. The van der Waals surface area contributed by atoms with Gasteiger partial charge in [-0.3, -0.25) is 0 Å². The molecule has 0 saturated heterocycles. The molecule has 5 heteroatoms. The number of rotatable bonds is 2. The van der Waals surface area contributed by atoms with Gasteiger partial charge in [0.2, 0.25) is 0 Å². The molecule has 14 heavy (non-hydrogen) atoms. The van der Waals surface area contributed by atoms with E-state index in [-0.39, 0.29) is 11.5 Å². The number of halogens is 3. The Labute approximate surface area is 83.7 Å². The Bertz CT molecular complexity index is 327. The number of hydrogen-bond donors (Lipinski definition) is 1. The van der Waals surface area contributed by atoms with Crippen molar-refractivity contribution < 1.29 is 13.2 Å². The Morgan fingerprint density at radius 1 is 1.36 bits per heavy atom. The molecule has 1 nitrogen and oxygen atoms in total. The highest BCUT2D eigenvalue weighted by molar-refractivity contribution is 7.08. The Balaban J connectivity index is 2.28. The molecule has 78 valence electrons. The van der Waals surface area contributed by atoms with Crippen molar-refractivity contribution in [2.45, 2.75) is 25.1 Å². The molecule has 1 aromatic rings. The van der Waals surface area contributed by atoms with Crippen molar-refractivity contribution in [2.75, 3.05) is 0 Å². The lowest BCUT2D eigenvalue weighted by atomic mass is 10.0. The molecule has 0 unspecified atom stereocenters. The molecule has 1 aliphatic rings. The van der Waals surface area contributed by atoms with Gasteiger partial charge in [-0.05, 0) is 29.7 Å². The molecular formula is C9H10F3NS. The molecule has 1 atom stereocenters. The third-order valence-corrected chi connectivity index (χ3v) is 3.25. The molecule has 0 spiro atoms. The predicted octanol–water partition coefficient (Wildman–Crippen LogP) is 3.18. The zero-order valence-corrected chi connectivity index (χ0v) is 8.16. The van der Waals surface area contributed by atoms with Crippen LogP contribution in [0.5, 0.6) is 0 Å². The molecular weight excluding hydrogens is 211 g/mol. The minimum absolute atomic E-state index is 0.255. The summed E-state index contributed by atoms with van der Waals surface area (Å²) < 4.78 is 37.4. The second-order valence-electron chi connectivity index (χ2n) is 3.60. The van der Waals surface area contributed by atoms with Gasteiger partial charge in [-0.15, -0.1) is 0 Å². The predicted molar refractivity (Wildman–Crippen MR) is 49.0 cm³/mol. The van der Waals surface area contributed by atoms with Crippen LogP contribution in [0, 0.1) is 5.92 Å². The fourth-order valence-electron chi connectivity index (χ4n) is 1.50. The van der Waals surface area contributed by atoms with E-state index in [1.807, 2.05) is 0 Å². The highest BCUT2D eigenvalue weighted by Gasteiger charge is 2.39. The summed E-state index contributed by atoms with van der Waals surface area (Å²) in [6.07, 6.45) is -2.36. The van der Waals surface area contributed by atoms with Crippen molar-refractivity contribution >= 4 is 11.3 Å². The summed E-state index contributed by atoms with van der Waals surface area (Å²) in [6.45, 7) is 0. The summed E-state index contributed by atoms with van der Waals surface area (Å²) in [7, 11) is 0. The van der Waals surface area contributed by atoms with Crippen LogP contribution in [0.4, 0.5) is 13.2 Å². The minimum atomic E-state index is -4.26. The SMILES string of the molecule is N[C@H](c1cscc1C(F)(F)F)C1CC1. The summed E-state index contributed by atoms with van der Waals surface area (Å²) in [5, 5.41) is 2.66. The molecule has 1 aliphatic carbocycles. The third-order valence-electron chi connectivity index (χ3n) is 2.49. The van der Waals surface area contributed by atoms with Crippen LogP contribution in [0.1, 0.15) is 30.0 Å². The van der Waals surface area contributed by atoms with Crippen LogP contribution >= 0.6 is 11.3 Å². The van der Waals surface area contributed by atoms with E-state index >= 15 is 0 Å². The van der Waals surface area contributed by atoms with Crippen molar-refractivity contribution in [3.63, 3.8) is 0 Å². The summed E-state index contributed by atoms with van der Waals surface area (Å²) in [6, 6.07) is -0.433. The zero-order valence-electron chi connectivity index (χ0n) is 7.34. The van der Waals surface area contributed by atoms with Crippen LogP contribution in [-0.4, -0.2) is 0 Å². The van der Waals surface area contributed by atoms with Gasteiger partial charge in [-0.1, -0.05) is 0 Å². The normalized spacial score (nSPS) is 19.7. The van der Waals surface area contributed by atoms with Crippen LogP contribution in [0.15, 0.2) is 10.8 Å². The van der Waals surface area contributed by atoms with Crippen molar-refractivity contribution in [3.8, 4) is 0 Å². The van der Waals surface area contributed by atoms with Gasteiger partial charge in [0.15, 0.2) is 0 Å². The van der Waals surface area contributed by atoms with E-state index in [0.29, 0.717) is 0 Å². The zero-order chi connectivity index (χ0) is 10.3. The van der Waals surface area contributed by atoms with Crippen molar-refractivity contribution in [2.24, 2.45) is 11.7 Å². The molecule has 1 saturated carbocycles. The quantitative estimate of drug-likeness (QED) is 0.815. The van der Waals surface area contributed by atoms with E-state index < -0.39 is 17.8 Å². The van der Waals surface area contributed by atoms with E-state index in [4.69, 9.17) is 5.73 Å². The third kappa shape index (κ3) is 1.79. The largest absolute Gasteiger partial charge is 0.417 e. The van der Waals surface area contributed by atoms with Gasteiger partial charge >= 0.3 is 6.18 Å². The summed E-state index contributed by atoms with van der Waals surface area (Å²) in [5.41, 5.74) is 5.46. The lowest BCUT2D eigenvalue weighted by Gasteiger charge is -2.13. The molecule has 1 fully saturated rings. The maximum Gasteiger partial charge on any atom is 0.417 e. The number of thiophene rings is 1. The minimum Gasteiger partial charge on any atom is -0.324 e. The van der Waals surface area contributed by atoms with Crippen LogP contribution < -0.4 is 5.73 Å². The highest BCUT2D eigenvalue weighted by Crippen LogP contribution is 2.44. The van der Waals surface area contributed by atoms with E-state index in [9.17, 15) is 13.2 Å². The molecule has 0 radical (unpaired) electrons. The van der Waals surface area contributed by atoms with Crippen LogP contribution in [0.3, 0.4) is 0 Å². The molecule has 0 bridgehead atoms. The maximum atomic E-state index is 12.5. The van der Waals surface area contributed by atoms with Crippen LogP contribution in [-0.2, 0) is 6.18 Å². The molecule has 2 rings (SSSR count). The van der Waals surface area contributed by atoms with Gasteiger partial charge in [-0.2, -0.15) is 24.5 Å². The molecule has 1 heterocycles. The average molecular weight is 221 g/mol. The van der Waals surface area contributed by atoms with Gasteiger partial charge in [0.1, 0.15) is 0 Å². The summed E-state index contributed by atoms with van der Waals surface area (Å²) in [4.78, 5) is 0. The Kier molecular flexibility index (Phi) is 2.31. The number of nitrogens with two attached hydrogens (primary N) is 1. The first kappa shape index (κ1) is 9.98. The first-order valence-electron chi connectivity index (χ1n) is 4.39. The van der Waals surface area contributed by atoms with Gasteiger partial charge in [0, 0.05) is 11.4 Å². The van der Waals surface area contributed by atoms with Gasteiger partial charge in [0.05, 0.1) is 5.56 Å². The van der Waals surface area contributed by atoms with Gasteiger partial charge in [0.25, 0.3) is 0 Å². The Morgan fingerprint density at radius 2 is 2.00 bits per heavy atom. The standard InChI is InChI=1S/C9H10F3NS/c10-9(11,12)7-4-14-3-6(7)8(13)5-1-2-5/h3-5,8H,1-2,13H2/t8-/m0/s1. The maximum absolute atomic E-state index is 12.5. The second kappa shape index (κ2) is 3.24. The first-order chi connectivity index (χ1) is 6.50. The monoisotopic (exact) mass is 221 g/mol. The second-order valence-corrected chi connectivity index (χ2v) is 4.35. The van der Waals surface area contributed by atoms with E-state index in [1.54, 1.807) is 0 Å². The summed E-state index contributed by atoms with van der Waals surface area (Å²) >= 11 is 1.07. The molecule has 1 aromatic heterocycles. The lowest BCUT2D eigenvalue weighted by Crippen LogP contribution is -2.17. The number of alkyl halides is 3. The van der Waals surface area contributed by atoms with E-state index in [0.717, 1.165) is 29.6 Å². The number of hydrogen-bond acceptors (Lipinski definition) is 2. The van der Waals surface area contributed by atoms with Crippen molar-refractivity contribution in [1.82, 2.24) is 0 Å². The first-order valence-corrected chi connectivity index (χ1v) is 5.33. The fraction of sp³-hybridized carbons (Fsp3) is 0.556. The van der Waals surface area contributed by atoms with Crippen LogP contribution in [0.25, 0.3) is 0 Å². The van der Waals surface area contributed by atoms with Gasteiger partial charge in [-0.25, -0.2) is 0 Å².